The van der Waals surface area contributed by atoms with Crippen molar-refractivity contribution in [1.29, 1.82) is 0 Å². The van der Waals surface area contributed by atoms with Gasteiger partial charge in [-0.2, -0.15) is 0 Å². The number of nitrogens with zero attached hydrogens (tertiary/aromatic N) is 3. The van der Waals surface area contributed by atoms with Gasteiger partial charge in [0.2, 0.25) is 0 Å². The molecule has 0 saturated heterocycles. The zero-order valence-corrected chi connectivity index (χ0v) is 15.7. The highest BCUT2D eigenvalue weighted by Gasteiger charge is 2.17. The first kappa shape index (κ1) is 18.4. The topological polar surface area (TPSA) is 77.6 Å². The molecule has 0 bridgehead atoms. The van der Waals surface area contributed by atoms with Crippen LogP contribution in [-0.2, 0) is 18.3 Å². The summed E-state index contributed by atoms with van der Waals surface area (Å²) in [6.45, 7) is 2.17. The van der Waals surface area contributed by atoms with E-state index in [2.05, 4.69) is 5.16 Å². The van der Waals surface area contributed by atoms with E-state index in [0.717, 1.165) is 16.8 Å². The maximum atomic E-state index is 12.8. The van der Waals surface area contributed by atoms with Gasteiger partial charge in [-0.25, -0.2) is 4.79 Å². The number of benzene rings is 1. The monoisotopic (exact) mass is 367 g/mol. The number of amides is 1. The van der Waals surface area contributed by atoms with Gasteiger partial charge in [-0.3, -0.25) is 4.79 Å². The lowest BCUT2D eigenvalue weighted by molar-refractivity contribution is 0.0589. The number of ether oxygens (including phenoxy) is 1. The molecule has 27 heavy (non-hydrogen) atoms. The zero-order chi connectivity index (χ0) is 19.6. The lowest BCUT2D eigenvalue weighted by atomic mass is 10.0. The summed E-state index contributed by atoms with van der Waals surface area (Å²) in [5, 5.41) is 3.83. The molecular weight excluding hydrogens is 346 g/mol. The van der Waals surface area contributed by atoms with Crippen LogP contribution in [-0.4, -0.2) is 40.7 Å². The van der Waals surface area contributed by atoms with Crippen molar-refractivity contribution in [2.24, 2.45) is 7.05 Å². The SMILES string of the molecule is COC(=O)c1cc(-c2cccc(C(=O)N(C)Cc3cc(C)no3)c2)cn1C. The van der Waals surface area contributed by atoms with Crippen LogP contribution >= 0.6 is 0 Å². The number of aromatic nitrogens is 2. The third-order valence-electron chi connectivity index (χ3n) is 4.26. The first-order chi connectivity index (χ1) is 12.9. The highest BCUT2D eigenvalue weighted by Crippen LogP contribution is 2.24. The molecule has 0 N–H and O–H groups in total. The van der Waals surface area contributed by atoms with Crippen LogP contribution in [0.3, 0.4) is 0 Å². The molecule has 0 atom stereocenters. The summed E-state index contributed by atoms with van der Waals surface area (Å²) < 4.78 is 11.7. The predicted molar refractivity (Wildman–Crippen MR) is 99.2 cm³/mol. The normalized spacial score (nSPS) is 10.7. The molecule has 3 aromatic rings. The molecule has 140 valence electrons. The van der Waals surface area contributed by atoms with E-state index in [4.69, 9.17) is 9.26 Å². The van der Waals surface area contributed by atoms with E-state index >= 15 is 0 Å². The van der Waals surface area contributed by atoms with E-state index in [1.54, 1.807) is 47.8 Å². The molecule has 0 aliphatic rings. The summed E-state index contributed by atoms with van der Waals surface area (Å²) in [6, 6.07) is 10.8. The Morgan fingerprint density at radius 3 is 2.67 bits per heavy atom. The molecule has 0 aliphatic carbocycles. The maximum absolute atomic E-state index is 12.8. The van der Waals surface area contributed by atoms with Gasteiger partial charge in [-0.05, 0) is 30.7 Å². The van der Waals surface area contributed by atoms with Crippen LogP contribution in [0.15, 0.2) is 47.1 Å². The molecule has 0 unspecified atom stereocenters. The summed E-state index contributed by atoms with van der Waals surface area (Å²) in [4.78, 5) is 26.1. The molecule has 0 spiro atoms. The predicted octanol–water partition coefficient (Wildman–Crippen LogP) is 3.05. The second kappa shape index (κ2) is 7.49. The van der Waals surface area contributed by atoms with Crippen LogP contribution in [0.4, 0.5) is 0 Å². The molecular formula is C20H21N3O4. The summed E-state index contributed by atoms with van der Waals surface area (Å²) in [6.07, 6.45) is 1.83. The molecule has 1 aromatic carbocycles. The number of methoxy groups -OCH3 is 1. The third kappa shape index (κ3) is 3.92. The molecule has 7 heteroatoms. The van der Waals surface area contributed by atoms with Crippen molar-refractivity contribution in [3.05, 3.63) is 65.3 Å². The quantitative estimate of drug-likeness (QED) is 0.648. The number of rotatable bonds is 5. The number of carbonyl (C=O) groups is 2. The van der Waals surface area contributed by atoms with Crippen LogP contribution in [0.1, 0.15) is 32.3 Å². The minimum atomic E-state index is -0.405. The van der Waals surface area contributed by atoms with Crippen molar-refractivity contribution < 1.29 is 18.8 Å². The smallest absolute Gasteiger partial charge is 0.354 e. The molecule has 7 nitrogen and oxygen atoms in total. The number of esters is 1. The Kier molecular flexibility index (Phi) is 5.12. The lowest BCUT2D eigenvalue weighted by Crippen LogP contribution is -2.26. The summed E-state index contributed by atoms with van der Waals surface area (Å²) >= 11 is 0. The molecule has 2 heterocycles. The Balaban J connectivity index is 1.82. The van der Waals surface area contributed by atoms with Gasteiger partial charge in [0, 0.05) is 37.5 Å². The Morgan fingerprint density at radius 1 is 1.22 bits per heavy atom. The molecule has 0 radical (unpaired) electrons. The average molecular weight is 367 g/mol. The van der Waals surface area contributed by atoms with Crippen molar-refractivity contribution in [1.82, 2.24) is 14.6 Å². The van der Waals surface area contributed by atoms with Crippen molar-refractivity contribution in [2.75, 3.05) is 14.2 Å². The maximum Gasteiger partial charge on any atom is 0.354 e. The van der Waals surface area contributed by atoms with Crippen molar-refractivity contribution in [3.8, 4) is 11.1 Å². The van der Waals surface area contributed by atoms with Crippen molar-refractivity contribution >= 4 is 11.9 Å². The van der Waals surface area contributed by atoms with Gasteiger partial charge in [-0.15, -0.1) is 0 Å². The Bertz CT molecular complexity index is 987. The fraction of sp³-hybridized carbons (Fsp3) is 0.250. The first-order valence-corrected chi connectivity index (χ1v) is 8.42. The first-order valence-electron chi connectivity index (χ1n) is 8.42. The number of aryl methyl sites for hydroxylation is 2. The van der Waals surface area contributed by atoms with E-state index < -0.39 is 5.97 Å². The number of hydrogen-bond donors (Lipinski definition) is 0. The van der Waals surface area contributed by atoms with Crippen LogP contribution in [0.25, 0.3) is 11.1 Å². The largest absolute Gasteiger partial charge is 0.464 e. The van der Waals surface area contributed by atoms with E-state index in [9.17, 15) is 9.59 Å². The Morgan fingerprint density at radius 2 is 2.00 bits per heavy atom. The van der Waals surface area contributed by atoms with Crippen LogP contribution in [0.5, 0.6) is 0 Å². The standard InChI is InChI=1S/C20H21N3O4/c1-13-8-17(27-21-13)12-23(3)19(24)15-7-5-6-14(9-15)16-10-18(20(25)26-4)22(2)11-16/h5-11H,12H2,1-4H3. The molecule has 3 rings (SSSR count). The Hall–Kier alpha value is -3.35. The molecule has 0 aliphatic heterocycles. The zero-order valence-electron chi connectivity index (χ0n) is 15.7. The van der Waals surface area contributed by atoms with Gasteiger partial charge >= 0.3 is 5.97 Å². The molecule has 2 aromatic heterocycles. The Labute approximate surface area is 157 Å². The molecule has 0 saturated carbocycles. The fourth-order valence-corrected chi connectivity index (χ4v) is 2.88. The average Bonchev–Trinajstić information content (AvgIpc) is 3.26. The second-order valence-electron chi connectivity index (χ2n) is 6.39. The second-order valence-corrected chi connectivity index (χ2v) is 6.39. The number of carbonyl (C=O) groups excluding carboxylic acids is 2. The van der Waals surface area contributed by atoms with Gasteiger partial charge in [0.15, 0.2) is 5.76 Å². The van der Waals surface area contributed by atoms with Crippen molar-refractivity contribution in [3.63, 3.8) is 0 Å². The highest BCUT2D eigenvalue weighted by atomic mass is 16.5. The molecule has 1 amide bonds. The van der Waals surface area contributed by atoms with Gasteiger partial charge in [-0.1, -0.05) is 17.3 Å². The summed E-state index contributed by atoms with van der Waals surface area (Å²) in [5.74, 6) is 0.0957. The summed E-state index contributed by atoms with van der Waals surface area (Å²) in [7, 11) is 4.84. The third-order valence-corrected chi connectivity index (χ3v) is 4.26. The van der Waals surface area contributed by atoms with E-state index in [1.807, 2.05) is 25.3 Å². The lowest BCUT2D eigenvalue weighted by Gasteiger charge is -2.15. The van der Waals surface area contributed by atoms with Gasteiger partial charge in [0.1, 0.15) is 5.69 Å². The van der Waals surface area contributed by atoms with Crippen molar-refractivity contribution in [2.45, 2.75) is 13.5 Å². The fourth-order valence-electron chi connectivity index (χ4n) is 2.88. The molecule has 0 fully saturated rings. The van der Waals surface area contributed by atoms with E-state index in [-0.39, 0.29) is 5.91 Å². The highest BCUT2D eigenvalue weighted by molar-refractivity contribution is 5.95. The minimum absolute atomic E-state index is 0.130. The van der Waals surface area contributed by atoms with Gasteiger partial charge in [0.05, 0.1) is 19.3 Å². The van der Waals surface area contributed by atoms with Gasteiger partial charge in [0.25, 0.3) is 5.91 Å². The van der Waals surface area contributed by atoms with Crippen LogP contribution < -0.4 is 0 Å². The minimum Gasteiger partial charge on any atom is -0.464 e. The van der Waals surface area contributed by atoms with Crippen LogP contribution in [0, 0.1) is 6.92 Å². The summed E-state index contributed by atoms with van der Waals surface area (Å²) in [5.41, 5.74) is 3.45. The van der Waals surface area contributed by atoms with E-state index in [1.165, 1.54) is 7.11 Å². The van der Waals surface area contributed by atoms with Crippen LogP contribution in [0.2, 0.25) is 0 Å². The van der Waals surface area contributed by atoms with Gasteiger partial charge < -0.3 is 18.7 Å². The number of hydrogen-bond acceptors (Lipinski definition) is 5. The van der Waals surface area contributed by atoms with E-state index in [0.29, 0.717) is 23.6 Å².